The number of hydrogen-bond donors (Lipinski definition) is 3. The number of aryl methyl sites for hydroxylation is 1. The van der Waals surface area contributed by atoms with Crippen LogP contribution in [-0.2, 0) is 9.53 Å². The molecule has 0 aliphatic carbocycles. The van der Waals surface area contributed by atoms with E-state index in [0.717, 1.165) is 5.56 Å². The molecule has 0 atom stereocenters. The van der Waals surface area contributed by atoms with Crippen LogP contribution in [0, 0.1) is 6.92 Å². The van der Waals surface area contributed by atoms with E-state index in [1.165, 1.54) is 0 Å². The molecule has 104 valence electrons. The van der Waals surface area contributed by atoms with Gasteiger partial charge in [-0.15, -0.1) is 0 Å². The lowest BCUT2D eigenvalue weighted by molar-refractivity contribution is -0.115. The molecule has 1 aromatic carbocycles. The van der Waals surface area contributed by atoms with Crippen LogP contribution in [0.15, 0.2) is 18.2 Å². The number of carbonyl (C=O) groups is 2. The number of rotatable bonds is 7. The van der Waals surface area contributed by atoms with E-state index in [1.807, 2.05) is 0 Å². The zero-order valence-corrected chi connectivity index (χ0v) is 11.2. The first kappa shape index (κ1) is 15.1. The van der Waals surface area contributed by atoms with Crippen LogP contribution < -0.4 is 16.4 Å². The normalized spacial score (nSPS) is 10.2. The Labute approximate surface area is 112 Å². The van der Waals surface area contributed by atoms with E-state index in [-0.39, 0.29) is 12.5 Å². The Balaban J connectivity index is 2.55. The zero-order chi connectivity index (χ0) is 14.3. The first-order valence-corrected chi connectivity index (χ1v) is 5.94. The highest BCUT2D eigenvalue weighted by molar-refractivity contribution is 5.97. The second-order valence-electron chi connectivity index (χ2n) is 4.11. The largest absolute Gasteiger partial charge is 0.383 e. The Morgan fingerprint density at radius 1 is 1.37 bits per heavy atom. The maximum Gasteiger partial charge on any atom is 0.249 e. The number of methoxy groups -OCH3 is 1. The standard InChI is InChI=1S/C13H19N3O3/c1-9-3-4-10(7-11(9)13(14)18)16-12(17)8-15-5-6-19-2/h3-4,7,15H,5-6,8H2,1-2H3,(H2,14,18)(H,16,17). The molecule has 0 fully saturated rings. The van der Waals surface area contributed by atoms with Crippen LogP contribution in [0.3, 0.4) is 0 Å². The number of hydrogen-bond acceptors (Lipinski definition) is 4. The molecule has 0 unspecified atom stereocenters. The van der Waals surface area contributed by atoms with E-state index in [1.54, 1.807) is 32.2 Å². The number of anilines is 1. The molecule has 0 aliphatic rings. The van der Waals surface area contributed by atoms with Gasteiger partial charge in [0.15, 0.2) is 0 Å². The summed E-state index contributed by atoms with van der Waals surface area (Å²) in [7, 11) is 1.60. The second kappa shape index (κ2) is 7.50. The molecule has 6 heteroatoms. The molecule has 0 spiro atoms. The van der Waals surface area contributed by atoms with Crippen LogP contribution in [-0.4, -0.2) is 38.6 Å². The summed E-state index contributed by atoms with van der Waals surface area (Å²) >= 11 is 0. The number of nitrogens with one attached hydrogen (secondary N) is 2. The van der Waals surface area contributed by atoms with Gasteiger partial charge in [0, 0.05) is 24.9 Å². The van der Waals surface area contributed by atoms with Gasteiger partial charge in [0.2, 0.25) is 11.8 Å². The van der Waals surface area contributed by atoms with Crippen molar-refractivity contribution < 1.29 is 14.3 Å². The topological polar surface area (TPSA) is 93.4 Å². The van der Waals surface area contributed by atoms with Crippen LogP contribution in [0.1, 0.15) is 15.9 Å². The summed E-state index contributed by atoms with van der Waals surface area (Å²) in [6.45, 7) is 3.12. The third-order valence-electron chi connectivity index (χ3n) is 2.56. The fourth-order valence-corrected chi connectivity index (χ4v) is 1.55. The van der Waals surface area contributed by atoms with Crippen molar-refractivity contribution in [2.24, 2.45) is 5.73 Å². The highest BCUT2D eigenvalue weighted by Gasteiger charge is 2.07. The Morgan fingerprint density at radius 2 is 2.11 bits per heavy atom. The van der Waals surface area contributed by atoms with Crippen molar-refractivity contribution in [3.63, 3.8) is 0 Å². The molecule has 2 amide bonds. The van der Waals surface area contributed by atoms with Crippen LogP contribution in [0.25, 0.3) is 0 Å². The molecular formula is C13H19N3O3. The van der Waals surface area contributed by atoms with E-state index in [0.29, 0.717) is 24.4 Å². The fourth-order valence-electron chi connectivity index (χ4n) is 1.55. The number of nitrogens with two attached hydrogens (primary N) is 1. The molecule has 0 aromatic heterocycles. The molecule has 1 aromatic rings. The van der Waals surface area contributed by atoms with Gasteiger partial charge in [0.25, 0.3) is 0 Å². The second-order valence-corrected chi connectivity index (χ2v) is 4.11. The Kier molecular flexibility index (Phi) is 5.98. The van der Waals surface area contributed by atoms with Gasteiger partial charge in [-0.25, -0.2) is 0 Å². The molecule has 19 heavy (non-hydrogen) atoms. The van der Waals surface area contributed by atoms with Crippen molar-refractivity contribution in [3.05, 3.63) is 29.3 Å². The van der Waals surface area contributed by atoms with Gasteiger partial charge in [0.05, 0.1) is 13.2 Å². The van der Waals surface area contributed by atoms with Gasteiger partial charge < -0.3 is 21.1 Å². The molecule has 1 rings (SSSR count). The summed E-state index contributed by atoms with van der Waals surface area (Å²) in [5, 5.41) is 5.62. The Bertz CT molecular complexity index is 460. The minimum absolute atomic E-state index is 0.184. The number of ether oxygens (including phenoxy) is 1. The highest BCUT2D eigenvalue weighted by atomic mass is 16.5. The predicted molar refractivity (Wildman–Crippen MR) is 73.1 cm³/mol. The van der Waals surface area contributed by atoms with Crippen LogP contribution in [0.2, 0.25) is 0 Å². The third kappa shape index (κ3) is 5.07. The van der Waals surface area contributed by atoms with Crippen LogP contribution in [0.5, 0.6) is 0 Å². The number of primary amides is 1. The summed E-state index contributed by atoms with van der Waals surface area (Å²) < 4.78 is 4.85. The molecule has 0 heterocycles. The van der Waals surface area contributed by atoms with E-state index >= 15 is 0 Å². The molecular weight excluding hydrogens is 246 g/mol. The predicted octanol–water partition coefficient (Wildman–Crippen LogP) is 0.268. The Hall–Kier alpha value is -1.92. The molecule has 0 saturated carbocycles. The van der Waals surface area contributed by atoms with Gasteiger partial charge in [-0.1, -0.05) is 6.07 Å². The summed E-state index contributed by atoms with van der Waals surface area (Å²) in [5.74, 6) is -0.692. The first-order valence-electron chi connectivity index (χ1n) is 5.94. The van der Waals surface area contributed by atoms with E-state index < -0.39 is 5.91 Å². The van der Waals surface area contributed by atoms with Gasteiger partial charge in [-0.3, -0.25) is 9.59 Å². The minimum atomic E-state index is -0.508. The lowest BCUT2D eigenvalue weighted by Gasteiger charge is -2.09. The molecule has 0 bridgehead atoms. The monoisotopic (exact) mass is 265 g/mol. The van der Waals surface area contributed by atoms with Crippen molar-refractivity contribution in [1.29, 1.82) is 0 Å². The van der Waals surface area contributed by atoms with Crippen LogP contribution in [0.4, 0.5) is 5.69 Å². The zero-order valence-electron chi connectivity index (χ0n) is 11.2. The van der Waals surface area contributed by atoms with Crippen molar-refractivity contribution in [2.45, 2.75) is 6.92 Å². The number of amides is 2. The van der Waals surface area contributed by atoms with Crippen molar-refractivity contribution in [3.8, 4) is 0 Å². The smallest absolute Gasteiger partial charge is 0.249 e. The quantitative estimate of drug-likeness (QED) is 0.617. The van der Waals surface area contributed by atoms with E-state index in [4.69, 9.17) is 10.5 Å². The number of benzene rings is 1. The fraction of sp³-hybridized carbons (Fsp3) is 0.385. The maximum absolute atomic E-state index is 11.6. The lowest BCUT2D eigenvalue weighted by Crippen LogP contribution is -2.30. The first-order chi connectivity index (χ1) is 9.04. The average molecular weight is 265 g/mol. The SMILES string of the molecule is COCCNCC(=O)Nc1ccc(C)c(C(N)=O)c1. The molecule has 4 N–H and O–H groups in total. The highest BCUT2D eigenvalue weighted by Crippen LogP contribution is 2.14. The summed E-state index contributed by atoms with van der Waals surface area (Å²) in [5.41, 5.74) is 6.99. The maximum atomic E-state index is 11.6. The van der Waals surface area contributed by atoms with Crippen molar-refractivity contribution in [2.75, 3.05) is 32.1 Å². The lowest BCUT2D eigenvalue weighted by atomic mass is 10.1. The third-order valence-corrected chi connectivity index (χ3v) is 2.56. The summed E-state index contributed by atoms with van der Waals surface area (Å²) in [6.07, 6.45) is 0. The molecule has 0 radical (unpaired) electrons. The van der Waals surface area contributed by atoms with E-state index in [2.05, 4.69) is 10.6 Å². The Morgan fingerprint density at radius 3 is 2.74 bits per heavy atom. The molecule has 0 saturated heterocycles. The van der Waals surface area contributed by atoms with E-state index in [9.17, 15) is 9.59 Å². The molecule has 0 aliphatic heterocycles. The summed E-state index contributed by atoms with van der Waals surface area (Å²) in [4.78, 5) is 22.8. The van der Waals surface area contributed by atoms with Gasteiger partial charge in [0.1, 0.15) is 0 Å². The minimum Gasteiger partial charge on any atom is -0.383 e. The van der Waals surface area contributed by atoms with Crippen molar-refractivity contribution >= 4 is 17.5 Å². The average Bonchev–Trinajstić information content (AvgIpc) is 2.36. The van der Waals surface area contributed by atoms with Gasteiger partial charge in [-0.05, 0) is 24.6 Å². The van der Waals surface area contributed by atoms with Gasteiger partial charge in [-0.2, -0.15) is 0 Å². The number of carbonyl (C=O) groups excluding carboxylic acids is 2. The van der Waals surface area contributed by atoms with Crippen molar-refractivity contribution in [1.82, 2.24) is 5.32 Å². The molecule has 6 nitrogen and oxygen atoms in total. The summed E-state index contributed by atoms with van der Waals surface area (Å²) in [6, 6.07) is 5.05. The van der Waals surface area contributed by atoms with Crippen LogP contribution >= 0.6 is 0 Å². The van der Waals surface area contributed by atoms with Gasteiger partial charge >= 0.3 is 0 Å².